The Bertz CT molecular complexity index is 680. The summed E-state index contributed by atoms with van der Waals surface area (Å²) in [6, 6.07) is 0.640. The van der Waals surface area contributed by atoms with E-state index in [1.165, 1.54) is 0 Å². The van der Waals surface area contributed by atoms with E-state index in [2.05, 4.69) is 0 Å². The number of nitriles is 2. The van der Waals surface area contributed by atoms with Crippen LogP contribution in [0.5, 0.6) is 0 Å². The van der Waals surface area contributed by atoms with Crippen molar-refractivity contribution in [1.29, 1.82) is 10.5 Å². The van der Waals surface area contributed by atoms with Gasteiger partial charge in [0.15, 0.2) is 0 Å². The van der Waals surface area contributed by atoms with Gasteiger partial charge in [-0.25, -0.2) is 0 Å². The van der Waals surface area contributed by atoms with Crippen LogP contribution in [0.15, 0.2) is 6.07 Å². The van der Waals surface area contributed by atoms with Gasteiger partial charge in [0.05, 0.1) is 33.9 Å². The SMILES string of the molecule is N#Cc1cc(C(F)(F)F)c(C(F)(F)F)c(C#N)c1C(F)(F)F. The summed E-state index contributed by atoms with van der Waals surface area (Å²) in [5.74, 6) is 0. The zero-order valence-electron chi connectivity index (χ0n) is 9.87. The van der Waals surface area contributed by atoms with Gasteiger partial charge in [-0.2, -0.15) is 50.0 Å². The lowest BCUT2D eigenvalue weighted by molar-refractivity contribution is -0.163. The third-order valence-corrected chi connectivity index (χ3v) is 2.43. The fourth-order valence-electron chi connectivity index (χ4n) is 1.70. The van der Waals surface area contributed by atoms with Crippen LogP contribution in [0.4, 0.5) is 39.5 Å². The minimum Gasteiger partial charge on any atom is -0.192 e. The predicted molar refractivity (Wildman–Crippen MR) is 50.9 cm³/mol. The molecule has 0 saturated carbocycles. The Morgan fingerprint density at radius 1 is 0.682 bits per heavy atom. The van der Waals surface area contributed by atoms with Crippen molar-refractivity contribution in [2.24, 2.45) is 0 Å². The molecule has 0 amide bonds. The van der Waals surface area contributed by atoms with Crippen LogP contribution in [0.3, 0.4) is 0 Å². The minimum absolute atomic E-state index is 0.473. The monoisotopic (exact) mass is 332 g/mol. The van der Waals surface area contributed by atoms with E-state index in [4.69, 9.17) is 10.5 Å². The molecule has 0 unspecified atom stereocenters. The number of benzene rings is 1. The van der Waals surface area contributed by atoms with Crippen molar-refractivity contribution in [3.05, 3.63) is 33.9 Å². The average molecular weight is 332 g/mol. The van der Waals surface area contributed by atoms with E-state index in [9.17, 15) is 39.5 Å². The van der Waals surface area contributed by atoms with E-state index < -0.39 is 52.4 Å². The summed E-state index contributed by atoms with van der Waals surface area (Å²) in [4.78, 5) is 0. The van der Waals surface area contributed by atoms with Gasteiger partial charge in [-0.15, -0.1) is 0 Å². The number of halogens is 9. The van der Waals surface area contributed by atoms with Crippen LogP contribution in [0.25, 0.3) is 0 Å². The van der Waals surface area contributed by atoms with E-state index >= 15 is 0 Å². The van der Waals surface area contributed by atoms with Crippen LogP contribution in [-0.2, 0) is 18.5 Å². The molecule has 11 heteroatoms. The van der Waals surface area contributed by atoms with Crippen molar-refractivity contribution < 1.29 is 39.5 Å². The number of hydrogen-bond donors (Lipinski definition) is 0. The first-order valence-electron chi connectivity index (χ1n) is 4.98. The van der Waals surface area contributed by atoms with Crippen molar-refractivity contribution >= 4 is 0 Å². The topological polar surface area (TPSA) is 47.6 Å². The molecule has 1 aromatic rings. The standard InChI is InChI=1S/C11HF9N2/c12-9(13,14)6-1-4(2-21)7(10(15,16)17)5(3-22)8(6)11(18,19)20/h1H. The second kappa shape index (κ2) is 5.09. The molecule has 0 aliphatic rings. The summed E-state index contributed by atoms with van der Waals surface area (Å²) in [5, 5.41) is 17.0. The lowest BCUT2D eigenvalue weighted by Gasteiger charge is -2.20. The second-order valence-electron chi connectivity index (χ2n) is 3.81. The predicted octanol–water partition coefficient (Wildman–Crippen LogP) is 4.49. The molecule has 2 nitrogen and oxygen atoms in total. The van der Waals surface area contributed by atoms with Gasteiger partial charge in [0.2, 0.25) is 0 Å². The Labute approximate surface area is 116 Å². The maximum Gasteiger partial charge on any atom is 0.418 e. The minimum atomic E-state index is -5.87. The van der Waals surface area contributed by atoms with Gasteiger partial charge in [-0.3, -0.25) is 0 Å². The molecule has 0 heterocycles. The van der Waals surface area contributed by atoms with Gasteiger partial charge in [0.25, 0.3) is 0 Å². The highest BCUT2D eigenvalue weighted by Crippen LogP contribution is 2.46. The van der Waals surface area contributed by atoms with Crippen molar-refractivity contribution in [3.63, 3.8) is 0 Å². The first-order chi connectivity index (χ1) is 9.75. The molecule has 22 heavy (non-hydrogen) atoms. The van der Waals surface area contributed by atoms with Gasteiger partial charge in [0.1, 0.15) is 6.07 Å². The number of hydrogen-bond acceptors (Lipinski definition) is 2. The highest BCUT2D eigenvalue weighted by molar-refractivity contribution is 5.59. The van der Waals surface area contributed by atoms with Gasteiger partial charge in [-0.05, 0) is 6.07 Å². The van der Waals surface area contributed by atoms with Crippen molar-refractivity contribution in [1.82, 2.24) is 0 Å². The summed E-state index contributed by atoms with van der Waals surface area (Å²) in [5.41, 5.74) is -11.6. The number of rotatable bonds is 0. The molecule has 0 spiro atoms. The fourth-order valence-corrected chi connectivity index (χ4v) is 1.70. The van der Waals surface area contributed by atoms with Crippen LogP contribution in [0.1, 0.15) is 27.8 Å². The largest absolute Gasteiger partial charge is 0.418 e. The van der Waals surface area contributed by atoms with Gasteiger partial charge < -0.3 is 0 Å². The first kappa shape index (κ1) is 17.6. The summed E-state index contributed by atoms with van der Waals surface area (Å²) in [6.45, 7) is 0. The van der Waals surface area contributed by atoms with Crippen LogP contribution < -0.4 is 0 Å². The quantitative estimate of drug-likeness (QED) is 0.658. The van der Waals surface area contributed by atoms with Crippen LogP contribution in [0, 0.1) is 22.7 Å². The first-order valence-corrected chi connectivity index (χ1v) is 4.98. The smallest absolute Gasteiger partial charge is 0.192 e. The zero-order valence-corrected chi connectivity index (χ0v) is 9.87. The Morgan fingerprint density at radius 2 is 1.14 bits per heavy atom. The van der Waals surface area contributed by atoms with Crippen LogP contribution in [0.2, 0.25) is 0 Å². The Kier molecular flexibility index (Phi) is 4.07. The van der Waals surface area contributed by atoms with Crippen LogP contribution >= 0.6 is 0 Å². The van der Waals surface area contributed by atoms with Crippen LogP contribution in [-0.4, -0.2) is 0 Å². The van der Waals surface area contributed by atoms with Gasteiger partial charge in [0, 0.05) is 0 Å². The third kappa shape index (κ3) is 3.08. The summed E-state index contributed by atoms with van der Waals surface area (Å²) in [6.07, 6.45) is -17.2. The lowest BCUT2D eigenvalue weighted by Crippen LogP contribution is -2.23. The zero-order chi connectivity index (χ0) is 17.5. The summed E-state index contributed by atoms with van der Waals surface area (Å²) in [7, 11) is 0. The number of nitrogens with zero attached hydrogens (tertiary/aromatic N) is 2. The molecule has 0 aliphatic heterocycles. The molecule has 0 saturated heterocycles. The van der Waals surface area contributed by atoms with Crippen molar-refractivity contribution in [2.75, 3.05) is 0 Å². The molecule has 0 radical (unpaired) electrons. The van der Waals surface area contributed by atoms with Crippen molar-refractivity contribution in [3.8, 4) is 12.1 Å². The van der Waals surface area contributed by atoms with Crippen molar-refractivity contribution in [2.45, 2.75) is 18.5 Å². The normalized spacial score (nSPS) is 12.7. The Balaban J connectivity index is 4.13. The third-order valence-electron chi connectivity index (χ3n) is 2.43. The summed E-state index contributed by atoms with van der Waals surface area (Å²) < 4.78 is 114. The van der Waals surface area contributed by atoms with E-state index in [0.29, 0.717) is 6.07 Å². The number of alkyl halides is 9. The molecule has 0 bridgehead atoms. The highest BCUT2D eigenvalue weighted by Gasteiger charge is 2.50. The molecule has 0 atom stereocenters. The Morgan fingerprint density at radius 3 is 1.41 bits per heavy atom. The average Bonchev–Trinajstić information content (AvgIpc) is 2.32. The fraction of sp³-hybridized carbons (Fsp3) is 0.273. The molecule has 0 aromatic heterocycles. The van der Waals surface area contributed by atoms with E-state index in [0.717, 1.165) is 6.07 Å². The van der Waals surface area contributed by atoms with Gasteiger partial charge in [-0.1, -0.05) is 0 Å². The molecule has 1 rings (SSSR count). The Hall–Kier alpha value is -2.43. The molecule has 0 N–H and O–H groups in total. The summed E-state index contributed by atoms with van der Waals surface area (Å²) >= 11 is 0. The van der Waals surface area contributed by atoms with E-state index in [1.54, 1.807) is 0 Å². The van der Waals surface area contributed by atoms with E-state index in [1.807, 2.05) is 0 Å². The molecular formula is C11HF9N2. The molecular weight excluding hydrogens is 331 g/mol. The van der Waals surface area contributed by atoms with E-state index in [-0.39, 0.29) is 0 Å². The highest BCUT2D eigenvalue weighted by atomic mass is 19.4. The molecule has 0 fully saturated rings. The van der Waals surface area contributed by atoms with Gasteiger partial charge >= 0.3 is 18.5 Å². The molecule has 1 aromatic carbocycles. The lowest BCUT2D eigenvalue weighted by atomic mass is 9.91. The maximum atomic E-state index is 12.7. The maximum absolute atomic E-state index is 12.7. The second-order valence-corrected chi connectivity index (χ2v) is 3.81. The molecule has 118 valence electrons. The molecule has 0 aliphatic carbocycles.